The summed E-state index contributed by atoms with van der Waals surface area (Å²) in [5.74, 6) is 6.22. The maximum absolute atomic E-state index is 11.8. The molecule has 0 saturated carbocycles. The van der Waals surface area contributed by atoms with Gasteiger partial charge < -0.3 is 5.73 Å². The van der Waals surface area contributed by atoms with Crippen molar-refractivity contribution in [2.24, 2.45) is 11.7 Å². The van der Waals surface area contributed by atoms with E-state index in [1.165, 1.54) is 11.3 Å². The molecule has 1 saturated heterocycles. The lowest BCUT2D eigenvalue weighted by molar-refractivity contribution is 0.412. The predicted molar refractivity (Wildman–Crippen MR) is 73.6 cm³/mol. The van der Waals surface area contributed by atoms with Gasteiger partial charge in [0.25, 0.3) is 0 Å². The lowest BCUT2D eigenvalue weighted by Gasteiger charge is -2.12. The van der Waals surface area contributed by atoms with Crippen molar-refractivity contribution in [2.75, 3.05) is 18.8 Å². The van der Waals surface area contributed by atoms with Crippen LogP contribution in [0.5, 0.6) is 0 Å². The Hall–Kier alpha value is -0.870. The zero-order valence-corrected chi connectivity index (χ0v) is 11.9. The highest BCUT2D eigenvalue weighted by Gasteiger charge is 2.33. The van der Waals surface area contributed by atoms with E-state index in [1.807, 2.05) is 19.1 Å². The highest BCUT2D eigenvalue weighted by Crippen LogP contribution is 2.24. The summed E-state index contributed by atoms with van der Waals surface area (Å²) in [5.41, 5.74) is 5.31. The normalized spacial score (nSPS) is 22.7. The van der Waals surface area contributed by atoms with Crippen LogP contribution < -0.4 is 5.73 Å². The second-order valence-electron chi connectivity index (χ2n) is 4.45. The van der Waals surface area contributed by atoms with Crippen molar-refractivity contribution in [1.29, 1.82) is 0 Å². The molecule has 6 heteroatoms. The van der Waals surface area contributed by atoms with Crippen molar-refractivity contribution in [2.45, 2.75) is 13.5 Å². The third kappa shape index (κ3) is 3.12. The summed E-state index contributed by atoms with van der Waals surface area (Å²) in [6.45, 7) is 3.38. The molecule has 1 aliphatic heterocycles. The molecule has 0 aliphatic carbocycles. The first-order valence-electron chi connectivity index (χ1n) is 5.77. The van der Waals surface area contributed by atoms with Crippen LogP contribution in [0.1, 0.15) is 16.7 Å². The van der Waals surface area contributed by atoms with Gasteiger partial charge >= 0.3 is 0 Å². The summed E-state index contributed by atoms with van der Waals surface area (Å²) < 4.78 is 25.2. The number of thiophene rings is 1. The molecule has 0 aromatic carbocycles. The van der Waals surface area contributed by atoms with Crippen LogP contribution in [0.15, 0.2) is 12.1 Å². The van der Waals surface area contributed by atoms with Crippen LogP contribution in [0.25, 0.3) is 0 Å². The van der Waals surface area contributed by atoms with Crippen LogP contribution in [0.2, 0.25) is 0 Å². The van der Waals surface area contributed by atoms with Crippen molar-refractivity contribution in [1.82, 2.24) is 4.31 Å². The minimum atomic E-state index is -3.06. The number of hydrogen-bond acceptors (Lipinski definition) is 4. The molecule has 1 aliphatic rings. The van der Waals surface area contributed by atoms with E-state index in [2.05, 4.69) is 11.8 Å². The number of rotatable bonds is 2. The van der Waals surface area contributed by atoms with Gasteiger partial charge in [-0.05, 0) is 18.1 Å². The maximum atomic E-state index is 11.8. The molecule has 2 rings (SSSR count). The fourth-order valence-corrected chi connectivity index (χ4v) is 4.82. The van der Waals surface area contributed by atoms with Gasteiger partial charge in [0.1, 0.15) is 0 Å². The minimum absolute atomic E-state index is 0.214. The van der Waals surface area contributed by atoms with E-state index >= 15 is 0 Å². The molecule has 2 heterocycles. The third-order valence-electron chi connectivity index (χ3n) is 2.71. The molecule has 18 heavy (non-hydrogen) atoms. The first-order valence-corrected chi connectivity index (χ1v) is 8.19. The zero-order valence-electron chi connectivity index (χ0n) is 10.2. The molecule has 0 amide bonds. The largest absolute Gasteiger partial charge is 0.320 e. The highest BCUT2D eigenvalue weighted by molar-refractivity contribution is 7.89. The van der Waals surface area contributed by atoms with E-state index in [0.29, 0.717) is 19.6 Å². The summed E-state index contributed by atoms with van der Waals surface area (Å²) in [7, 11) is -3.06. The Balaban J connectivity index is 2.08. The lowest BCUT2D eigenvalue weighted by atomic mass is 10.2. The first-order chi connectivity index (χ1) is 8.51. The average molecular weight is 284 g/mol. The van der Waals surface area contributed by atoms with Crippen molar-refractivity contribution < 1.29 is 8.42 Å². The molecule has 1 atom stereocenters. The summed E-state index contributed by atoms with van der Waals surface area (Å²) in [4.78, 5) is 1.95. The lowest BCUT2D eigenvalue weighted by Crippen LogP contribution is -2.24. The summed E-state index contributed by atoms with van der Waals surface area (Å²) in [6.07, 6.45) is 0. The Bertz CT molecular complexity index is 581. The molecular weight excluding hydrogens is 268 g/mol. The van der Waals surface area contributed by atoms with E-state index in [1.54, 1.807) is 4.31 Å². The third-order valence-corrected chi connectivity index (χ3v) is 5.75. The number of nitrogens with two attached hydrogens (primary N) is 1. The van der Waals surface area contributed by atoms with Crippen LogP contribution in [-0.2, 0) is 16.6 Å². The molecule has 1 fully saturated rings. The van der Waals surface area contributed by atoms with E-state index in [9.17, 15) is 8.42 Å². The first kappa shape index (κ1) is 13.6. The van der Waals surface area contributed by atoms with Crippen LogP contribution >= 0.6 is 11.3 Å². The second-order valence-corrected chi connectivity index (χ2v) is 7.63. The molecule has 1 aromatic rings. The maximum Gasteiger partial charge on any atom is 0.214 e. The highest BCUT2D eigenvalue weighted by atomic mass is 32.2. The van der Waals surface area contributed by atoms with Gasteiger partial charge in [-0.15, -0.1) is 11.3 Å². The Labute approximate surface area is 112 Å². The average Bonchev–Trinajstić information content (AvgIpc) is 2.81. The molecule has 1 unspecified atom stereocenters. The van der Waals surface area contributed by atoms with E-state index in [0.717, 1.165) is 9.75 Å². The Morgan fingerprint density at radius 2 is 2.33 bits per heavy atom. The number of hydrogen-bond donors (Lipinski definition) is 1. The van der Waals surface area contributed by atoms with E-state index in [-0.39, 0.29) is 11.7 Å². The summed E-state index contributed by atoms with van der Waals surface area (Å²) in [5, 5.41) is 0. The van der Waals surface area contributed by atoms with Crippen LogP contribution in [0.3, 0.4) is 0 Å². The smallest absolute Gasteiger partial charge is 0.214 e. The van der Waals surface area contributed by atoms with Crippen molar-refractivity contribution >= 4 is 21.4 Å². The van der Waals surface area contributed by atoms with E-state index in [4.69, 9.17) is 5.73 Å². The van der Waals surface area contributed by atoms with Gasteiger partial charge in [0.05, 0.1) is 17.2 Å². The van der Waals surface area contributed by atoms with Gasteiger partial charge in [-0.2, -0.15) is 4.31 Å². The molecule has 0 radical (unpaired) electrons. The minimum Gasteiger partial charge on any atom is -0.320 e. The molecule has 1 aromatic heterocycles. The van der Waals surface area contributed by atoms with Crippen LogP contribution in [0.4, 0.5) is 0 Å². The van der Waals surface area contributed by atoms with Gasteiger partial charge in [0, 0.05) is 18.0 Å². The SMILES string of the molecule is CC1CN(Cc2ccc(C#CCN)s2)S(=O)(=O)C1. The topological polar surface area (TPSA) is 63.4 Å². The van der Waals surface area contributed by atoms with E-state index < -0.39 is 10.0 Å². The standard InChI is InChI=1S/C12H16N2O2S2/c1-10-7-14(18(15,16)9-10)8-12-5-4-11(17-12)3-2-6-13/h4-5,10H,6-9,13H2,1H3. The molecule has 2 N–H and O–H groups in total. The number of nitrogens with zero attached hydrogens (tertiary/aromatic N) is 1. The quantitative estimate of drug-likeness (QED) is 0.819. The Morgan fingerprint density at radius 1 is 1.56 bits per heavy atom. The van der Waals surface area contributed by atoms with Crippen molar-refractivity contribution in [3.63, 3.8) is 0 Å². The number of sulfonamides is 1. The molecule has 0 bridgehead atoms. The van der Waals surface area contributed by atoms with Crippen molar-refractivity contribution in [3.8, 4) is 11.8 Å². The molecule has 98 valence electrons. The Kier molecular flexibility index (Phi) is 4.07. The van der Waals surface area contributed by atoms with Gasteiger partial charge in [-0.25, -0.2) is 8.42 Å². The summed E-state index contributed by atoms with van der Waals surface area (Å²) in [6, 6.07) is 3.85. The summed E-state index contributed by atoms with van der Waals surface area (Å²) >= 11 is 1.53. The van der Waals surface area contributed by atoms with Gasteiger partial charge in [0.15, 0.2) is 0 Å². The van der Waals surface area contributed by atoms with Crippen LogP contribution in [0, 0.1) is 17.8 Å². The second kappa shape index (κ2) is 5.41. The predicted octanol–water partition coefficient (Wildman–Crippen LogP) is 0.840. The molecular formula is C12H16N2O2S2. The monoisotopic (exact) mass is 284 g/mol. The fraction of sp³-hybridized carbons (Fsp3) is 0.500. The van der Waals surface area contributed by atoms with Gasteiger partial charge in [0.2, 0.25) is 10.0 Å². The Morgan fingerprint density at radius 3 is 2.94 bits per heavy atom. The molecule has 0 spiro atoms. The van der Waals surface area contributed by atoms with Crippen molar-refractivity contribution in [3.05, 3.63) is 21.9 Å². The zero-order chi connectivity index (χ0) is 13.2. The van der Waals surface area contributed by atoms with Crippen LogP contribution in [-0.4, -0.2) is 31.6 Å². The molecule has 4 nitrogen and oxygen atoms in total. The van der Waals surface area contributed by atoms with Gasteiger partial charge in [-0.1, -0.05) is 18.8 Å². The van der Waals surface area contributed by atoms with Gasteiger partial charge in [-0.3, -0.25) is 0 Å². The fourth-order valence-electron chi connectivity index (χ4n) is 1.98.